The van der Waals surface area contributed by atoms with Crippen molar-refractivity contribution in [1.82, 2.24) is 25.0 Å². The molecule has 2 N–H and O–H groups in total. The van der Waals surface area contributed by atoms with Crippen LogP contribution < -0.4 is 11.2 Å². The Balaban J connectivity index is 2.21. The fourth-order valence-electron chi connectivity index (χ4n) is 3.51. The molecule has 0 unspecified atom stereocenters. The van der Waals surface area contributed by atoms with Crippen LogP contribution in [0.4, 0.5) is 0 Å². The van der Waals surface area contributed by atoms with Crippen LogP contribution in [0, 0.1) is 0 Å². The second-order valence-electron chi connectivity index (χ2n) is 7.21. The molecule has 1 aliphatic rings. The average Bonchev–Trinajstić information content (AvgIpc) is 3.19. The van der Waals surface area contributed by atoms with Crippen LogP contribution in [0.3, 0.4) is 0 Å². The van der Waals surface area contributed by atoms with Crippen molar-refractivity contribution in [2.24, 2.45) is 0 Å². The molecule has 2 aromatic heterocycles. The molecule has 184 valence electrons. The van der Waals surface area contributed by atoms with Gasteiger partial charge >= 0.3 is 29.6 Å². The van der Waals surface area contributed by atoms with Gasteiger partial charge in [-0.1, -0.05) is 0 Å². The van der Waals surface area contributed by atoms with Gasteiger partial charge in [-0.25, -0.2) is 9.36 Å². The number of ether oxygens (including phenoxy) is 5. The zero-order valence-electron chi connectivity index (χ0n) is 18.4. The Morgan fingerprint density at radius 3 is 2.06 bits per heavy atom. The lowest BCUT2D eigenvalue weighted by Crippen LogP contribution is -2.61. The Labute approximate surface area is 189 Å². The Morgan fingerprint density at radius 1 is 0.882 bits per heavy atom. The molecule has 1 fully saturated rings. The summed E-state index contributed by atoms with van der Waals surface area (Å²) in [6, 6.07) is 0. The molecule has 2 aromatic rings. The normalized spacial score (nSPS) is 24.3. The highest BCUT2D eigenvalue weighted by Gasteiger charge is 2.53. The van der Waals surface area contributed by atoms with E-state index in [9.17, 15) is 28.8 Å². The number of fused-ring (bicyclic) bond motifs is 1. The van der Waals surface area contributed by atoms with E-state index in [-0.39, 0.29) is 11.2 Å². The maximum absolute atomic E-state index is 12.8. The lowest BCUT2D eigenvalue weighted by atomic mass is 9.97. The van der Waals surface area contributed by atoms with Crippen molar-refractivity contribution in [3.63, 3.8) is 0 Å². The minimum atomic E-state index is -1.59. The topological polar surface area (TPSA) is 211 Å². The van der Waals surface area contributed by atoms with Crippen LogP contribution in [0.5, 0.6) is 0 Å². The van der Waals surface area contributed by atoms with Crippen LogP contribution in [0.1, 0.15) is 33.9 Å². The van der Waals surface area contributed by atoms with E-state index in [0.717, 1.165) is 32.3 Å². The van der Waals surface area contributed by atoms with Crippen LogP contribution in [0.15, 0.2) is 9.59 Å². The molecule has 1 saturated heterocycles. The first-order valence-electron chi connectivity index (χ1n) is 9.85. The monoisotopic (exact) mass is 483 g/mol. The average molecular weight is 483 g/mol. The molecule has 0 amide bonds. The molecule has 0 aliphatic carbocycles. The molecule has 5 atom stereocenters. The molecule has 0 saturated carbocycles. The Morgan fingerprint density at radius 2 is 1.47 bits per heavy atom. The molecular formula is C18H21N5O11. The van der Waals surface area contributed by atoms with Gasteiger partial charge in [-0.15, -0.1) is 10.2 Å². The zero-order valence-corrected chi connectivity index (χ0v) is 18.4. The fourth-order valence-corrected chi connectivity index (χ4v) is 3.51. The molecule has 0 bridgehead atoms. The first-order valence-corrected chi connectivity index (χ1v) is 9.85. The number of rotatable bonds is 6. The number of aromatic amines is 2. The highest BCUT2D eigenvalue weighted by atomic mass is 16.7. The van der Waals surface area contributed by atoms with Crippen molar-refractivity contribution in [2.75, 3.05) is 6.61 Å². The number of hydrogen-bond acceptors (Lipinski definition) is 13. The maximum Gasteiger partial charge on any atom is 0.332 e. The first kappa shape index (κ1) is 24.6. The molecule has 0 spiro atoms. The zero-order chi connectivity index (χ0) is 25.2. The Kier molecular flexibility index (Phi) is 7.09. The lowest BCUT2D eigenvalue weighted by molar-refractivity contribution is -0.268. The molecular weight excluding hydrogens is 462 g/mol. The summed E-state index contributed by atoms with van der Waals surface area (Å²) in [7, 11) is 0. The molecule has 16 heteroatoms. The molecule has 3 heterocycles. The highest BCUT2D eigenvalue weighted by Crippen LogP contribution is 2.34. The standard InChI is InChI=1S/C18H21N5O11/c1-6(24)30-5-10-12(31-7(2)25)13(32-8(3)26)14(33-9(4)27)17(34-10)23-15-11(20-22-21-15)16(28)19-18(23)29/h10,12-14,17H,5H2,1-4H3,(H,19,28,29)(H,20,21,22)/t10-,12+,13-,14-,17+/m0/s1. The van der Waals surface area contributed by atoms with Gasteiger partial charge in [-0.05, 0) is 0 Å². The minimum absolute atomic E-state index is 0.269. The van der Waals surface area contributed by atoms with E-state index < -0.39 is 72.4 Å². The van der Waals surface area contributed by atoms with Crippen molar-refractivity contribution in [3.05, 3.63) is 20.8 Å². The van der Waals surface area contributed by atoms with Crippen LogP contribution in [-0.4, -0.2) is 79.9 Å². The van der Waals surface area contributed by atoms with E-state index in [1.54, 1.807) is 0 Å². The third-order valence-corrected chi connectivity index (χ3v) is 4.63. The van der Waals surface area contributed by atoms with Gasteiger partial charge in [-0.3, -0.25) is 29.0 Å². The summed E-state index contributed by atoms with van der Waals surface area (Å²) in [6.45, 7) is 3.82. The highest BCUT2D eigenvalue weighted by molar-refractivity contribution is 5.69. The van der Waals surface area contributed by atoms with Crippen molar-refractivity contribution in [3.8, 4) is 0 Å². The van der Waals surface area contributed by atoms with Gasteiger partial charge in [-0.2, -0.15) is 5.21 Å². The predicted octanol–water partition coefficient (Wildman–Crippen LogP) is -1.94. The molecule has 1 aliphatic heterocycles. The van der Waals surface area contributed by atoms with E-state index in [2.05, 4.69) is 15.4 Å². The molecule has 34 heavy (non-hydrogen) atoms. The minimum Gasteiger partial charge on any atom is -0.463 e. The number of nitrogens with zero attached hydrogens (tertiary/aromatic N) is 3. The third-order valence-electron chi connectivity index (χ3n) is 4.63. The van der Waals surface area contributed by atoms with Crippen molar-refractivity contribution >= 4 is 35.0 Å². The van der Waals surface area contributed by atoms with E-state index in [4.69, 9.17) is 23.7 Å². The Hall–Kier alpha value is -4.08. The summed E-state index contributed by atoms with van der Waals surface area (Å²) >= 11 is 0. The van der Waals surface area contributed by atoms with Gasteiger partial charge in [0.05, 0.1) is 0 Å². The summed E-state index contributed by atoms with van der Waals surface area (Å²) in [4.78, 5) is 73.9. The van der Waals surface area contributed by atoms with Crippen LogP contribution in [0.25, 0.3) is 11.2 Å². The predicted molar refractivity (Wildman–Crippen MR) is 106 cm³/mol. The van der Waals surface area contributed by atoms with Crippen molar-refractivity contribution < 1.29 is 42.9 Å². The van der Waals surface area contributed by atoms with E-state index in [1.165, 1.54) is 0 Å². The smallest absolute Gasteiger partial charge is 0.332 e. The summed E-state index contributed by atoms with van der Waals surface area (Å²) in [5.41, 5.74) is -2.41. The van der Waals surface area contributed by atoms with E-state index in [0.29, 0.717) is 0 Å². The quantitative estimate of drug-likeness (QED) is 0.339. The largest absolute Gasteiger partial charge is 0.463 e. The number of carbonyl (C=O) groups excluding carboxylic acids is 4. The SMILES string of the molecule is CC(=O)OC[C@@H]1O[C@@H](n2c(=O)[nH]c(=O)c3n[nH]nc32)[C@@H](OC(C)=O)[C@@H](OC(C)=O)[C@@H]1OC(C)=O. The van der Waals surface area contributed by atoms with Gasteiger partial charge in [0.15, 0.2) is 35.7 Å². The van der Waals surface area contributed by atoms with Gasteiger partial charge < -0.3 is 23.7 Å². The van der Waals surface area contributed by atoms with Crippen molar-refractivity contribution in [1.29, 1.82) is 0 Å². The molecule has 3 rings (SSSR count). The van der Waals surface area contributed by atoms with Crippen LogP contribution >= 0.6 is 0 Å². The third kappa shape index (κ3) is 5.11. The summed E-state index contributed by atoms with van der Waals surface area (Å²) in [6.07, 6.45) is -7.37. The number of aromatic nitrogens is 5. The fraction of sp³-hybridized carbons (Fsp3) is 0.556. The van der Waals surface area contributed by atoms with Gasteiger partial charge in [0, 0.05) is 27.7 Å². The second-order valence-corrected chi connectivity index (χ2v) is 7.21. The summed E-state index contributed by atoms with van der Waals surface area (Å²) in [5, 5.41) is 9.67. The Bertz CT molecular complexity index is 1230. The van der Waals surface area contributed by atoms with Crippen LogP contribution in [0.2, 0.25) is 0 Å². The first-order chi connectivity index (χ1) is 16.0. The number of nitrogens with one attached hydrogen (secondary N) is 2. The number of hydrogen-bond donors (Lipinski definition) is 2. The lowest BCUT2D eigenvalue weighted by Gasteiger charge is -2.44. The van der Waals surface area contributed by atoms with Gasteiger partial charge in [0.2, 0.25) is 0 Å². The van der Waals surface area contributed by atoms with E-state index >= 15 is 0 Å². The maximum atomic E-state index is 12.8. The van der Waals surface area contributed by atoms with Gasteiger partial charge in [0.25, 0.3) is 5.56 Å². The number of esters is 4. The number of H-pyrrole nitrogens is 2. The van der Waals surface area contributed by atoms with Crippen molar-refractivity contribution in [2.45, 2.75) is 58.3 Å². The molecule has 0 aromatic carbocycles. The summed E-state index contributed by atoms with van der Waals surface area (Å²) < 4.78 is 27.6. The summed E-state index contributed by atoms with van der Waals surface area (Å²) in [5.74, 6) is -3.21. The number of carbonyl (C=O) groups is 4. The molecule has 16 nitrogen and oxygen atoms in total. The van der Waals surface area contributed by atoms with Crippen LogP contribution in [-0.2, 0) is 42.9 Å². The second kappa shape index (κ2) is 9.82. The van der Waals surface area contributed by atoms with Gasteiger partial charge in [0.1, 0.15) is 12.7 Å². The van der Waals surface area contributed by atoms with E-state index in [1.807, 2.05) is 4.98 Å². The molecule has 0 radical (unpaired) electrons.